The smallest absolute Gasteiger partial charge is 0.126 e. The fourth-order valence-electron chi connectivity index (χ4n) is 2.45. The number of hydrogen-bond donors (Lipinski definition) is 1. The molecule has 1 N–H and O–H groups in total. The highest BCUT2D eigenvalue weighted by atomic mass is 19.1. The first-order chi connectivity index (χ1) is 9.49. The van der Waals surface area contributed by atoms with E-state index in [1.165, 1.54) is 12.1 Å². The molecule has 1 aromatic carbocycles. The van der Waals surface area contributed by atoms with Crippen molar-refractivity contribution in [1.29, 1.82) is 0 Å². The highest BCUT2D eigenvalue weighted by molar-refractivity contribution is 5.22. The molecule has 5 heteroatoms. The van der Waals surface area contributed by atoms with Crippen LogP contribution in [0.3, 0.4) is 0 Å². The quantitative estimate of drug-likeness (QED) is 0.912. The van der Waals surface area contributed by atoms with Gasteiger partial charge in [0.2, 0.25) is 0 Å². The van der Waals surface area contributed by atoms with Gasteiger partial charge in [0.15, 0.2) is 0 Å². The maximum atomic E-state index is 13.3. The third-order valence-electron chi connectivity index (χ3n) is 3.21. The van der Waals surface area contributed by atoms with Crippen LogP contribution in [0.4, 0.5) is 8.78 Å². The van der Waals surface area contributed by atoms with Crippen molar-refractivity contribution in [3.8, 4) is 0 Å². The maximum Gasteiger partial charge on any atom is 0.126 e. The van der Waals surface area contributed by atoms with Crippen LogP contribution in [0.1, 0.15) is 29.9 Å². The molecule has 2 rings (SSSR count). The van der Waals surface area contributed by atoms with Crippen LogP contribution in [0.25, 0.3) is 0 Å². The summed E-state index contributed by atoms with van der Waals surface area (Å²) in [5.41, 5.74) is 2.57. The highest BCUT2D eigenvalue weighted by Gasteiger charge is 2.16. The number of rotatable bonds is 5. The van der Waals surface area contributed by atoms with Gasteiger partial charge in [0.05, 0.1) is 17.4 Å². The summed E-state index contributed by atoms with van der Waals surface area (Å²) in [5, 5.41) is 7.65. The molecule has 0 aliphatic carbocycles. The summed E-state index contributed by atoms with van der Waals surface area (Å²) in [6.07, 6.45) is 0.515. The van der Waals surface area contributed by atoms with Gasteiger partial charge in [-0.3, -0.25) is 4.68 Å². The van der Waals surface area contributed by atoms with Crippen LogP contribution in [0.15, 0.2) is 24.3 Å². The topological polar surface area (TPSA) is 29.9 Å². The molecule has 0 spiro atoms. The van der Waals surface area contributed by atoms with Crippen LogP contribution in [-0.2, 0) is 13.5 Å². The molecule has 0 aliphatic heterocycles. The minimum absolute atomic E-state index is 0.0209. The average Bonchev–Trinajstić information content (AvgIpc) is 2.66. The lowest BCUT2D eigenvalue weighted by molar-refractivity contribution is 0.503. The van der Waals surface area contributed by atoms with E-state index in [-0.39, 0.29) is 6.04 Å². The Labute approximate surface area is 117 Å². The Morgan fingerprint density at radius 2 is 1.85 bits per heavy atom. The zero-order chi connectivity index (χ0) is 14.7. The SMILES string of the molecule is CCNC(Cc1cc(F)cc(F)c1)c1cc(C)nn1C. The average molecular weight is 279 g/mol. The maximum absolute atomic E-state index is 13.3. The number of nitrogens with zero attached hydrogens (tertiary/aromatic N) is 2. The molecule has 0 saturated heterocycles. The number of aromatic nitrogens is 2. The van der Waals surface area contributed by atoms with Crippen LogP contribution < -0.4 is 5.32 Å². The molecule has 2 aromatic rings. The Balaban J connectivity index is 2.27. The lowest BCUT2D eigenvalue weighted by Crippen LogP contribution is -2.25. The van der Waals surface area contributed by atoms with E-state index in [0.717, 1.165) is 24.0 Å². The van der Waals surface area contributed by atoms with E-state index in [9.17, 15) is 8.78 Å². The second-order valence-corrected chi connectivity index (χ2v) is 4.93. The van der Waals surface area contributed by atoms with Gasteiger partial charge in [0, 0.05) is 13.1 Å². The fraction of sp³-hybridized carbons (Fsp3) is 0.400. The fourth-order valence-corrected chi connectivity index (χ4v) is 2.45. The Hall–Kier alpha value is -1.75. The van der Waals surface area contributed by atoms with Gasteiger partial charge < -0.3 is 5.32 Å². The highest BCUT2D eigenvalue weighted by Crippen LogP contribution is 2.20. The molecule has 0 fully saturated rings. The molecule has 108 valence electrons. The summed E-state index contributed by atoms with van der Waals surface area (Å²) < 4.78 is 28.3. The Morgan fingerprint density at radius 1 is 1.20 bits per heavy atom. The number of nitrogens with one attached hydrogen (secondary N) is 1. The van der Waals surface area contributed by atoms with Crippen molar-refractivity contribution in [3.63, 3.8) is 0 Å². The minimum atomic E-state index is -0.545. The third kappa shape index (κ3) is 3.42. The molecule has 3 nitrogen and oxygen atoms in total. The van der Waals surface area contributed by atoms with E-state index in [4.69, 9.17) is 0 Å². The van der Waals surface area contributed by atoms with E-state index in [1.54, 1.807) is 4.68 Å². The lowest BCUT2D eigenvalue weighted by Gasteiger charge is -2.18. The molecular weight excluding hydrogens is 260 g/mol. The largest absolute Gasteiger partial charge is 0.309 e. The summed E-state index contributed by atoms with van der Waals surface area (Å²) in [5.74, 6) is -1.09. The molecule has 1 unspecified atom stereocenters. The van der Waals surface area contributed by atoms with Crippen molar-refractivity contribution in [2.75, 3.05) is 6.54 Å². The van der Waals surface area contributed by atoms with E-state index in [2.05, 4.69) is 10.4 Å². The summed E-state index contributed by atoms with van der Waals surface area (Å²) in [4.78, 5) is 0. The zero-order valence-electron chi connectivity index (χ0n) is 12.0. The predicted octanol–water partition coefficient (Wildman–Crippen LogP) is 2.90. The summed E-state index contributed by atoms with van der Waals surface area (Å²) in [7, 11) is 1.87. The third-order valence-corrected chi connectivity index (χ3v) is 3.21. The lowest BCUT2D eigenvalue weighted by atomic mass is 10.0. The molecular formula is C15H19F2N3. The van der Waals surface area contributed by atoms with E-state index < -0.39 is 11.6 Å². The van der Waals surface area contributed by atoms with Crippen LogP contribution >= 0.6 is 0 Å². The molecule has 0 saturated carbocycles. The van der Waals surface area contributed by atoms with E-state index >= 15 is 0 Å². The van der Waals surface area contributed by atoms with Gasteiger partial charge in [-0.25, -0.2) is 8.78 Å². The zero-order valence-corrected chi connectivity index (χ0v) is 12.0. The van der Waals surface area contributed by atoms with Crippen LogP contribution in [0, 0.1) is 18.6 Å². The number of likely N-dealkylation sites (N-methyl/N-ethyl adjacent to an activating group) is 1. The summed E-state index contributed by atoms with van der Waals surface area (Å²) >= 11 is 0. The number of halogens is 2. The molecule has 1 heterocycles. The predicted molar refractivity (Wildman–Crippen MR) is 74.4 cm³/mol. The molecule has 0 radical (unpaired) electrons. The van der Waals surface area contributed by atoms with Gasteiger partial charge in [0.1, 0.15) is 11.6 Å². The van der Waals surface area contributed by atoms with Gasteiger partial charge in [-0.2, -0.15) is 5.10 Å². The summed E-state index contributed by atoms with van der Waals surface area (Å²) in [6, 6.07) is 5.60. The van der Waals surface area contributed by atoms with Crippen molar-refractivity contribution < 1.29 is 8.78 Å². The molecule has 20 heavy (non-hydrogen) atoms. The first-order valence-electron chi connectivity index (χ1n) is 6.68. The Morgan fingerprint density at radius 3 is 2.35 bits per heavy atom. The van der Waals surface area contributed by atoms with Gasteiger partial charge in [-0.15, -0.1) is 0 Å². The second-order valence-electron chi connectivity index (χ2n) is 4.93. The van der Waals surface area contributed by atoms with E-state index in [1.807, 2.05) is 27.0 Å². The van der Waals surface area contributed by atoms with Gasteiger partial charge >= 0.3 is 0 Å². The standard InChI is InChI=1S/C15H19F2N3/c1-4-18-14(15-5-10(2)19-20(15)3)8-11-6-12(16)9-13(17)7-11/h5-7,9,14,18H,4,8H2,1-3H3. The number of aryl methyl sites for hydroxylation is 2. The second kappa shape index (κ2) is 6.13. The van der Waals surface area contributed by atoms with Gasteiger partial charge in [0.25, 0.3) is 0 Å². The number of hydrogen-bond acceptors (Lipinski definition) is 2. The van der Waals surface area contributed by atoms with Crippen molar-refractivity contribution in [1.82, 2.24) is 15.1 Å². The van der Waals surface area contributed by atoms with Crippen LogP contribution in [-0.4, -0.2) is 16.3 Å². The van der Waals surface area contributed by atoms with E-state index in [0.29, 0.717) is 12.0 Å². The van der Waals surface area contributed by atoms with Crippen molar-refractivity contribution in [2.45, 2.75) is 26.3 Å². The Kier molecular flexibility index (Phi) is 4.49. The van der Waals surface area contributed by atoms with Crippen molar-refractivity contribution in [3.05, 3.63) is 52.9 Å². The molecule has 0 aliphatic rings. The van der Waals surface area contributed by atoms with Crippen molar-refractivity contribution >= 4 is 0 Å². The monoisotopic (exact) mass is 279 g/mol. The molecule has 1 atom stereocenters. The minimum Gasteiger partial charge on any atom is -0.309 e. The summed E-state index contributed by atoms with van der Waals surface area (Å²) in [6.45, 7) is 4.70. The molecule has 1 aromatic heterocycles. The van der Waals surface area contributed by atoms with Crippen molar-refractivity contribution in [2.24, 2.45) is 7.05 Å². The first-order valence-corrected chi connectivity index (χ1v) is 6.68. The van der Waals surface area contributed by atoms with Gasteiger partial charge in [-0.1, -0.05) is 6.92 Å². The first kappa shape index (κ1) is 14.7. The van der Waals surface area contributed by atoms with Crippen LogP contribution in [0.2, 0.25) is 0 Å². The molecule has 0 bridgehead atoms. The van der Waals surface area contributed by atoms with Gasteiger partial charge in [-0.05, 0) is 43.7 Å². The molecule has 0 amide bonds. The van der Waals surface area contributed by atoms with Crippen LogP contribution in [0.5, 0.6) is 0 Å². The Bertz CT molecular complexity index is 573. The number of benzene rings is 1. The normalized spacial score (nSPS) is 12.7.